The molecule has 25 heavy (non-hydrogen) atoms. The number of allylic oxidation sites excluding steroid dienone is 3. The number of aromatic amines is 1. The topological polar surface area (TPSA) is 92.2 Å². The van der Waals surface area contributed by atoms with Crippen molar-refractivity contribution < 1.29 is 23.1 Å². The van der Waals surface area contributed by atoms with Crippen molar-refractivity contribution >= 4 is 29.2 Å². The lowest BCUT2D eigenvalue weighted by Gasteiger charge is -2.26. The van der Waals surface area contributed by atoms with Crippen LogP contribution in [0.2, 0.25) is 0 Å². The lowest BCUT2D eigenvalue weighted by atomic mass is 9.90. The number of halogens is 5. The summed E-state index contributed by atoms with van der Waals surface area (Å²) in [6.45, 7) is 0. The number of aliphatic carboxylic acids is 1. The minimum absolute atomic E-state index is 0.0349. The van der Waals surface area contributed by atoms with Gasteiger partial charge in [-0.2, -0.15) is 13.2 Å². The number of hydrogen-bond acceptors (Lipinski definition) is 3. The Morgan fingerprint density at radius 1 is 1.40 bits per heavy atom. The standard InChI is InChI=1S/C14H11Cl2F3N2O4/c15-8-2-1-7(3-6(8)4-9(16)12(23)24)21-11(22)5-10(14(17,18)19)20-13(21)25/h2,4-7H,1,3H2,(H,20,25)(H,23,24)/b9-4-. The van der Waals surface area contributed by atoms with Crippen LogP contribution in [0.15, 0.2) is 37.9 Å². The summed E-state index contributed by atoms with van der Waals surface area (Å²) in [5.74, 6) is -2.06. The summed E-state index contributed by atoms with van der Waals surface area (Å²) >= 11 is 11.5. The molecule has 2 unspecified atom stereocenters. The summed E-state index contributed by atoms with van der Waals surface area (Å²) in [6.07, 6.45) is -2.08. The van der Waals surface area contributed by atoms with Gasteiger partial charge < -0.3 is 10.1 Å². The van der Waals surface area contributed by atoms with Gasteiger partial charge in [-0.3, -0.25) is 9.36 Å². The van der Waals surface area contributed by atoms with Crippen molar-refractivity contribution in [2.24, 2.45) is 5.92 Å². The first-order valence-corrected chi connectivity index (χ1v) is 7.65. The number of alkyl halides is 3. The summed E-state index contributed by atoms with van der Waals surface area (Å²) in [5.41, 5.74) is -3.75. The molecule has 0 saturated carbocycles. The summed E-state index contributed by atoms with van der Waals surface area (Å²) in [4.78, 5) is 36.3. The second-order valence-corrected chi connectivity index (χ2v) is 6.18. The zero-order valence-electron chi connectivity index (χ0n) is 12.3. The van der Waals surface area contributed by atoms with Gasteiger partial charge in [0.05, 0.1) is 0 Å². The third-order valence-electron chi connectivity index (χ3n) is 3.65. The Bertz CT molecular complexity index is 839. The number of H-pyrrole nitrogens is 1. The molecule has 2 N–H and O–H groups in total. The summed E-state index contributed by atoms with van der Waals surface area (Å²) in [6, 6.07) is -0.489. The zero-order valence-corrected chi connectivity index (χ0v) is 13.8. The molecule has 0 radical (unpaired) electrons. The normalized spacial score (nSPS) is 21.8. The Hall–Kier alpha value is -2.00. The van der Waals surface area contributed by atoms with E-state index in [0.29, 0.717) is 10.6 Å². The zero-order chi connectivity index (χ0) is 18.9. The van der Waals surface area contributed by atoms with Crippen molar-refractivity contribution in [3.05, 3.63) is 54.8 Å². The van der Waals surface area contributed by atoms with Gasteiger partial charge in [-0.25, -0.2) is 9.59 Å². The van der Waals surface area contributed by atoms with Crippen LogP contribution in [-0.2, 0) is 11.0 Å². The molecule has 0 spiro atoms. The number of carboxylic acid groups (broad SMARTS) is 1. The van der Waals surface area contributed by atoms with E-state index < -0.39 is 46.1 Å². The van der Waals surface area contributed by atoms with Gasteiger partial charge in [-0.1, -0.05) is 29.3 Å². The van der Waals surface area contributed by atoms with Crippen molar-refractivity contribution in [2.75, 3.05) is 0 Å². The second kappa shape index (κ2) is 7.09. The molecular formula is C14H11Cl2F3N2O4. The van der Waals surface area contributed by atoms with Gasteiger partial charge in [0.15, 0.2) is 0 Å². The van der Waals surface area contributed by atoms with E-state index in [-0.39, 0.29) is 17.9 Å². The van der Waals surface area contributed by atoms with Crippen LogP contribution >= 0.6 is 23.2 Å². The van der Waals surface area contributed by atoms with E-state index in [0.717, 1.165) is 6.08 Å². The maximum atomic E-state index is 12.6. The fourth-order valence-corrected chi connectivity index (χ4v) is 2.90. The van der Waals surface area contributed by atoms with Gasteiger partial charge in [0.1, 0.15) is 10.7 Å². The van der Waals surface area contributed by atoms with Crippen molar-refractivity contribution in [2.45, 2.75) is 25.1 Å². The van der Waals surface area contributed by atoms with Crippen LogP contribution < -0.4 is 11.2 Å². The van der Waals surface area contributed by atoms with E-state index in [9.17, 15) is 27.6 Å². The monoisotopic (exact) mass is 398 g/mol. The van der Waals surface area contributed by atoms with Crippen molar-refractivity contribution in [1.29, 1.82) is 0 Å². The van der Waals surface area contributed by atoms with Crippen LogP contribution in [0.4, 0.5) is 13.2 Å². The molecule has 1 aromatic rings. The van der Waals surface area contributed by atoms with Gasteiger partial charge in [-0.15, -0.1) is 0 Å². The van der Waals surface area contributed by atoms with Crippen molar-refractivity contribution in [1.82, 2.24) is 9.55 Å². The Morgan fingerprint density at radius 3 is 2.56 bits per heavy atom. The molecular weight excluding hydrogens is 388 g/mol. The first-order valence-electron chi connectivity index (χ1n) is 6.90. The van der Waals surface area contributed by atoms with Gasteiger partial charge in [0.2, 0.25) is 0 Å². The van der Waals surface area contributed by atoms with Crippen LogP contribution in [0.3, 0.4) is 0 Å². The number of carboxylic acids is 1. The minimum Gasteiger partial charge on any atom is -0.477 e. The fourth-order valence-electron chi connectivity index (χ4n) is 2.51. The highest BCUT2D eigenvalue weighted by Gasteiger charge is 2.34. The Labute approximate surface area is 148 Å². The maximum Gasteiger partial charge on any atom is 0.431 e. The molecule has 1 aliphatic rings. The molecule has 136 valence electrons. The summed E-state index contributed by atoms with van der Waals surface area (Å²) in [5, 5.41) is 8.57. The Balaban J connectivity index is 2.41. The van der Waals surface area contributed by atoms with Crippen LogP contribution in [0, 0.1) is 5.92 Å². The van der Waals surface area contributed by atoms with Gasteiger partial charge >= 0.3 is 17.8 Å². The molecule has 11 heteroatoms. The van der Waals surface area contributed by atoms with E-state index in [4.69, 9.17) is 28.3 Å². The lowest BCUT2D eigenvalue weighted by Crippen LogP contribution is -2.40. The number of aromatic nitrogens is 2. The number of rotatable bonds is 3. The highest BCUT2D eigenvalue weighted by molar-refractivity contribution is 6.41. The molecule has 2 rings (SSSR count). The SMILES string of the molecule is O=C(O)/C(Cl)=C/C1CC(n2c(=O)cc(C(F)(F)F)[nH]c2=O)CC=C1Cl. The van der Waals surface area contributed by atoms with Crippen LogP contribution in [0.25, 0.3) is 0 Å². The molecule has 2 atom stereocenters. The molecule has 0 fully saturated rings. The number of nitrogens with zero attached hydrogens (tertiary/aromatic N) is 1. The second-order valence-electron chi connectivity index (χ2n) is 5.33. The van der Waals surface area contributed by atoms with Gasteiger partial charge in [0, 0.05) is 23.1 Å². The van der Waals surface area contributed by atoms with Crippen LogP contribution in [0.1, 0.15) is 24.6 Å². The molecule has 0 saturated heterocycles. The van der Waals surface area contributed by atoms with Crippen molar-refractivity contribution in [3.63, 3.8) is 0 Å². The predicted molar refractivity (Wildman–Crippen MR) is 83.6 cm³/mol. The first kappa shape index (κ1) is 19.3. The van der Waals surface area contributed by atoms with E-state index in [1.165, 1.54) is 6.08 Å². The predicted octanol–water partition coefficient (Wildman–Crippen LogP) is 2.84. The molecule has 1 heterocycles. The molecule has 0 amide bonds. The third kappa shape index (κ3) is 4.35. The van der Waals surface area contributed by atoms with Crippen molar-refractivity contribution in [3.8, 4) is 0 Å². The highest BCUT2D eigenvalue weighted by atomic mass is 35.5. The molecule has 0 aliphatic heterocycles. The molecule has 0 bridgehead atoms. The summed E-state index contributed by atoms with van der Waals surface area (Å²) < 4.78 is 38.6. The van der Waals surface area contributed by atoms with E-state index >= 15 is 0 Å². The maximum absolute atomic E-state index is 12.6. The van der Waals surface area contributed by atoms with Gasteiger partial charge in [0.25, 0.3) is 5.56 Å². The third-order valence-corrected chi connectivity index (χ3v) is 4.38. The lowest BCUT2D eigenvalue weighted by molar-refractivity contribution is -0.141. The fraction of sp³-hybridized carbons (Fsp3) is 0.357. The van der Waals surface area contributed by atoms with E-state index in [1.54, 1.807) is 4.98 Å². The van der Waals surface area contributed by atoms with Crippen LogP contribution in [-0.4, -0.2) is 20.6 Å². The quantitative estimate of drug-likeness (QED) is 0.765. The Kier molecular flexibility index (Phi) is 5.48. The molecule has 1 aliphatic carbocycles. The largest absolute Gasteiger partial charge is 0.477 e. The van der Waals surface area contributed by atoms with Gasteiger partial charge in [-0.05, 0) is 18.9 Å². The Morgan fingerprint density at radius 2 is 2.04 bits per heavy atom. The molecule has 1 aromatic heterocycles. The average Bonchev–Trinajstić information content (AvgIpc) is 2.48. The average molecular weight is 399 g/mol. The first-order chi connectivity index (χ1) is 11.5. The van der Waals surface area contributed by atoms with E-state index in [1.807, 2.05) is 0 Å². The summed E-state index contributed by atoms with van der Waals surface area (Å²) in [7, 11) is 0. The smallest absolute Gasteiger partial charge is 0.431 e. The molecule has 0 aromatic carbocycles. The number of carbonyl (C=O) groups is 1. The highest BCUT2D eigenvalue weighted by Crippen LogP contribution is 2.35. The number of nitrogens with one attached hydrogen (secondary N) is 1. The van der Waals surface area contributed by atoms with E-state index in [2.05, 4.69) is 0 Å². The number of hydrogen-bond donors (Lipinski definition) is 2. The minimum atomic E-state index is -4.85. The molecule has 6 nitrogen and oxygen atoms in total. The van der Waals surface area contributed by atoms with Crippen LogP contribution in [0.5, 0.6) is 0 Å².